The lowest BCUT2D eigenvalue weighted by molar-refractivity contribution is 0.0357. The second kappa shape index (κ2) is 8.41. The van der Waals surface area contributed by atoms with Crippen LogP contribution in [0.25, 0.3) is 11.0 Å². The van der Waals surface area contributed by atoms with Crippen LogP contribution in [0.3, 0.4) is 0 Å². The minimum absolute atomic E-state index is 0.262. The minimum atomic E-state index is -0.262. The van der Waals surface area contributed by atoms with Gasteiger partial charge in [-0.2, -0.15) is 5.10 Å². The largest absolute Gasteiger partial charge is 0.478 e. The summed E-state index contributed by atoms with van der Waals surface area (Å²) in [6.07, 6.45) is 4.34. The number of aryl methyl sites for hydroxylation is 1. The number of ether oxygens (including phenoxy) is 2. The average molecular weight is 384 g/mol. The molecule has 9 nitrogen and oxygen atoms in total. The zero-order chi connectivity index (χ0) is 19.3. The smallest absolute Gasteiger partial charge is 0.260 e. The van der Waals surface area contributed by atoms with Gasteiger partial charge < -0.3 is 19.8 Å². The zero-order valence-corrected chi connectivity index (χ0v) is 15.9. The van der Waals surface area contributed by atoms with Crippen LogP contribution >= 0.6 is 0 Å². The van der Waals surface area contributed by atoms with Gasteiger partial charge in [0.25, 0.3) is 5.91 Å². The first kappa shape index (κ1) is 18.5. The van der Waals surface area contributed by atoms with Gasteiger partial charge in [-0.1, -0.05) is 0 Å². The number of hydrogen-bond donors (Lipinski definition) is 2. The quantitative estimate of drug-likeness (QED) is 0.601. The van der Waals surface area contributed by atoms with E-state index in [1.54, 1.807) is 30.2 Å². The van der Waals surface area contributed by atoms with E-state index in [0.717, 1.165) is 44.8 Å². The van der Waals surface area contributed by atoms with Gasteiger partial charge in [0.15, 0.2) is 5.82 Å². The van der Waals surface area contributed by atoms with Crippen molar-refractivity contribution < 1.29 is 14.3 Å². The van der Waals surface area contributed by atoms with E-state index >= 15 is 0 Å². The zero-order valence-electron chi connectivity index (χ0n) is 15.9. The Labute approximate surface area is 162 Å². The Morgan fingerprint density at radius 2 is 2.18 bits per heavy atom. The summed E-state index contributed by atoms with van der Waals surface area (Å²) < 4.78 is 12.8. The summed E-state index contributed by atoms with van der Waals surface area (Å²) >= 11 is 0. The first-order chi connectivity index (χ1) is 13.7. The number of pyridine rings is 1. The van der Waals surface area contributed by atoms with Crippen LogP contribution in [0.2, 0.25) is 0 Å². The molecule has 1 saturated heterocycles. The van der Waals surface area contributed by atoms with E-state index in [-0.39, 0.29) is 5.91 Å². The monoisotopic (exact) mass is 384 g/mol. The predicted molar refractivity (Wildman–Crippen MR) is 105 cm³/mol. The van der Waals surface area contributed by atoms with Gasteiger partial charge in [-0.25, -0.2) is 4.98 Å². The summed E-state index contributed by atoms with van der Waals surface area (Å²) in [5.41, 5.74) is 1.82. The van der Waals surface area contributed by atoms with Crippen LogP contribution in [-0.4, -0.2) is 70.0 Å². The lowest BCUT2D eigenvalue weighted by Crippen LogP contribution is -2.37. The van der Waals surface area contributed by atoms with E-state index in [1.165, 1.54) is 0 Å². The molecule has 28 heavy (non-hydrogen) atoms. The van der Waals surface area contributed by atoms with Gasteiger partial charge in [0.2, 0.25) is 5.88 Å². The first-order valence-corrected chi connectivity index (χ1v) is 9.41. The predicted octanol–water partition coefficient (Wildman–Crippen LogP) is 1.65. The van der Waals surface area contributed by atoms with Crippen molar-refractivity contribution in [3.05, 3.63) is 36.2 Å². The summed E-state index contributed by atoms with van der Waals surface area (Å²) in [7, 11) is 1.80. The molecule has 3 aromatic heterocycles. The molecule has 0 atom stereocenters. The topological polar surface area (TPSA) is 97.3 Å². The molecule has 0 aromatic carbocycles. The number of amides is 1. The van der Waals surface area contributed by atoms with Crippen molar-refractivity contribution in [1.82, 2.24) is 24.6 Å². The number of carbonyl (C=O) groups excluding carboxylic acids is 1. The van der Waals surface area contributed by atoms with Gasteiger partial charge in [0, 0.05) is 51.2 Å². The van der Waals surface area contributed by atoms with Crippen LogP contribution in [0.4, 0.5) is 5.82 Å². The summed E-state index contributed by atoms with van der Waals surface area (Å²) in [6.45, 7) is 5.11. The molecule has 1 aliphatic heterocycles. The summed E-state index contributed by atoms with van der Waals surface area (Å²) in [6, 6.07) is 5.42. The highest BCUT2D eigenvalue weighted by Crippen LogP contribution is 2.21. The molecule has 1 amide bonds. The number of nitrogens with one attached hydrogen (secondary N) is 2. The van der Waals surface area contributed by atoms with Crippen molar-refractivity contribution in [2.24, 2.45) is 7.05 Å². The Morgan fingerprint density at radius 3 is 2.96 bits per heavy atom. The van der Waals surface area contributed by atoms with Crippen molar-refractivity contribution in [3.63, 3.8) is 0 Å². The Balaban J connectivity index is 1.37. The summed E-state index contributed by atoms with van der Waals surface area (Å²) in [5, 5.41) is 6.94. The highest BCUT2D eigenvalue weighted by Gasteiger charge is 2.15. The second-order valence-corrected chi connectivity index (χ2v) is 6.73. The number of aromatic nitrogens is 4. The maximum Gasteiger partial charge on any atom is 0.260 e. The van der Waals surface area contributed by atoms with Crippen LogP contribution in [0, 0.1) is 0 Å². The first-order valence-electron chi connectivity index (χ1n) is 9.41. The molecule has 9 heteroatoms. The van der Waals surface area contributed by atoms with E-state index in [1.807, 2.05) is 12.1 Å². The van der Waals surface area contributed by atoms with Gasteiger partial charge >= 0.3 is 0 Å². The molecule has 1 fully saturated rings. The fraction of sp³-hybridized carbons (Fsp3) is 0.421. The van der Waals surface area contributed by atoms with Crippen LogP contribution in [0.5, 0.6) is 5.88 Å². The highest BCUT2D eigenvalue weighted by molar-refractivity contribution is 6.11. The SMILES string of the molecule is Cn1ccc(NC(=O)c2c[nH]c3ccc(OCCCN4CCOCC4)nc23)n1. The van der Waals surface area contributed by atoms with E-state index in [0.29, 0.717) is 29.4 Å². The Hall–Kier alpha value is -2.91. The molecule has 0 unspecified atom stereocenters. The van der Waals surface area contributed by atoms with E-state index in [2.05, 4.69) is 25.3 Å². The molecule has 0 saturated carbocycles. The number of hydrogen-bond acceptors (Lipinski definition) is 6. The molecule has 0 aliphatic carbocycles. The van der Waals surface area contributed by atoms with E-state index < -0.39 is 0 Å². The molecule has 148 valence electrons. The third-order valence-electron chi connectivity index (χ3n) is 4.67. The molecule has 3 aromatic rings. The minimum Gasteiger partial charge on any atom is -0.478 e. The average Bonchev–Trinajstić information content (AvgIpc) is 3.31. The van der Waals surface area contributed by atoms with Gasteiger partial charge in [0.05, 0.1) is 30.9 Å². The van der Waals surface area contributed by atoms with Gasteiger partial charge in [0.1, 0.15) is 5.52 Å². The summed E-state index contributed by atoms with van der Waals surface area (Å²) in [5.74, 6) is 0.750. The molecule has 4 heterocycles. The molecular formula is C19H24N6O3. The molecular weight excluding hydrogens is 360 g/mol. The van der Waals surface area contributed by atoms with Crippen molar-refractivity contribution >= 4 is 22.8 Å². The van der Waals surface area contributed by atoms with Crippen LogP contribution < -0.4 is 10.1 Å². The van der Waals surface area contributed by atoms with Gasteiger partial charge in [-0.05, 0) is 12.5 Å². The number of H-pyrrole nitrogens is 1. The number of anilines is 1. The maximum atomic E-state index is 12.6. The Bertz CT molecular complexity index is 944. The maximum absolute atomic E-state index is 12.6. The van der Waals surface area contributed by atoms with Crippen molar-refractivity contribution in [3.8, 4) is 5.88 Å². The van der Waals surface area contributed by atoms with Crippen molar-refractivity contribution in [2.75, 3.05) is 44.8 Å². The van der Waals surface area contributed by atoms with Gasteiger partial charge in [-0.15, -0.1) is 0 Å². The van der Waals surface area contributed by atoms with Crippen molar-refractivity contribution in [1.29, 1.82) is 0 Å². The third-order valence-corrected chi connectivity index (χ3v) is 4.67. The van der Waals surface area contributed by atoms with Crippen LogP contribution in [0.1, 0.15) is 16.8 Å². The van der Waals surface area contributed by atoms with Crippen LogP contribution in [-0.2, 0) is 11.8 Å². The molecule has 2 N–H and O–H groups in total. The summed E-state index contributed by atoms with van der Waals surface area (Å²) in [4.78, 5) is 22.5. The standard InChI is InChI=1S/C19H24N6O3/c1-24-7-5-16(23-24)21-19(26)14-13-20-15-3-4-17(22-18(14)15)28-10-2-6-25-8-11-27-12-9-25/h3-5,7,13,20H,2,6,8-12H2,1H3,(H,21,23,26). The number of aromatic amines is 1. The van der Waals surface area contributed by atoms with E-state index in [9.17, 15) is 4.79 Å². The Kier molecular flexibility index (Phi) is 5.54. The Morgan fingerprint density at radius 1 is 1.32 bits per heavy atom. The lowest BCUT2D eigenvalue weighted by Gasteiger charge is -2.26. The highest BCUT2D eigenvalue weighted by atomic mass is 16.5. The number of nitrogens with zero attached hydrogens (tertiary/aromatic N) is 4. The fourth-order valence-corrected chi connectivity index (χ4v) is 3.19. The molecule has 0 bridgehead atoms. The number of carbonyl (C=O) groups is 1. The number of morpholine rings is 1. The van der Waals surface area contributed by atoms with Crippen LogP contribution in [0.15, 0.2) is 30.6 Å². The van der Waals surface area contributed by atoms with Crippen molar-refractivity contribution in [2.45, 2.75) is 6.42 Å². The third kappa shape index (κ3) is 4.32. The molecule has 1 aliphatic rings. The van der Waals surface area contributed by atoms with Gasteiger partial charge in [-0.3, -0.25) is 14.4 Å². The normalized spacial score (nSPS) is 15.0. The number of rotatable bonds is 7. The fourth-order valence-electron chi connectivity index (χ4n) is 3.19. The molecule has 0 spiro atoms. The van der Waals surface area contributed by atoms with E-state index in [4.69, 9.17) is 9.47 Å². The number of fused-ring (bicyclic) bond motifs is 1. The molecule has 4 rings (SSSR count). The lowest BCUT2D eigenvalue weighted by atomic mass is 10.2. The molecule has 0 radical (unpaired) electrons. The second-order valence-electron chi connectivity index (χ2n) is 6.73.